The molecular weight excluding hydrogens is 292 g/mol. The first kappa shape index (κ1) is 16.4. The number of nitrogens with one attached hydrogen (secondary N) is 2. The average Bonchev–Trinajstić information content (AvgIpc) is 2.86. The summed E-state index contributed by atoms with van der Waals surface area (Å²) in [5, 5.41) is 10.2. The second-order valence-corrected chi connectivity index (χ2v) is 6.97. The number of nitrogens with zero attached hydrogens (tertiary/aromatic N) is 2. The van der Waals surface area contributed by atoms with Crippen molar-refractivity contribution in [2.75, 3.05) is 26.3 Å². The molecular formula is C13H24N4O3S. The maximum atomic E-state index is 12.9. The first-order chi connectivity index (χ1) is 10.0. The summed E-state index contributed by atoms with van der Waals surface area (Å²) in [7, 11) is -3.59. The Bertz CT molecular complexity index is 570. The topological polar surface area (TPSA) is 87.3 Å². The molecule has 1 atom stereocenters. The van der Waals surface area contributed by atoms with E-state index in [0.29, 0.717) is 26.3 Å². The lowest BCUT2D eigenvalue weighted by Gasteiger charge is -2.33. The summed E-state index contributed by atoms with van der Waals surface area (Å²) in [4.78, 5) is 0. The Labute approximate surface area is 126 Å². The van der Waals surface area contributed by atoms with E-state index in [1.165, 1.54) is 4.31 Å². The SMILES string of the molecule is CCNCc1c(S(=O)(=O)N2CCOCC2CC)n[nH]c1C. The number of morpholine rings is 1. The smallest absolute Gasteiger partial charge is 0.263 e. The van der Waals surface area contributed by atoms with Crippen molar-refractivity contribution in [3.05, 3.63) is 11.3 Å². The normalized spacial score (nSPS) is 20.8. The van der Waals surface area contributed by atoms with E-state index in [1.54, 1.807) is 0 Å². The van der Waals surface area contributed by atoms with Gasteiger partial charge in [-0.25, -0.2) is 8.42 Å². The van der Waals surface area contributed by atoms with Gasteiger partial charge in [0.25, 0.3) is 10.0 Å². The highest BCUT2D eigenvalue weighted by molar-refractivity contribution is 7.89. The van der Waals surface area contributed by atoms with Gasteiger partial charge in [-0.15, -0.1) is 0 Å². The fourth-order valence-corrected chi connectivity index (χ4v) is 4.33. The molecule has 0 aliphatic carbocycles. The molecule has 7 nitrogen and oxygen atoms in total. The highest BCUT2D eigenvalue weighted by Crippen LogP contribution is 2.24. The molecule has 21 heavy (non-hydrogen) atoms. The van der Waals surface area contributed by atoms with Crippen molar-refractivity contribution < 1.29 is 13.2 Å². The summed E-state index contributed by atoms with van der Waals surface area (Å²) in [6, 6.07) is -0.118. The van der Waals surface area contributed by atoms with Crippen LogP contribution in [0.2, 0.25) is 0 Å². The number of aromatic nitrogens is 2. The quantitative estimate of drug-likeness (QED) is 0.803. The molecule has 1 aromatic rings. The number of rotatable bonds is 6. The number of H-pyrrole nitrogens is 1. The van der Waals surface area contributed by atoms with Gasteiger partial charge in [0.1, 0.15) is 0 Å². The molecule has 0 amide bonds. The number of ether oxygens (including phenoxy) is 1. The summed E-state index contributed by atoms with van der Waals surface area (Å²) in [5.41, 5.74) is 1.51. The third-order valence-corrected chi connectivity index (χ3v) is 5.71. The zero-order chi connectivity index (χ0) is 15.5. The predicted octanol–water partition coefficient (Wildman–Crippen LogP) is 0.627. The van der Waals surface area contributed by atoms with Crippen LogP contribution in [-0.4, -0.2) is 55.3 Å². The van der Waals surface area contributed by atoms with E-state index in [4.69, 9.17) is 4.74 Å². The summed E-state index contributed by atoms with van der Waals surface area (Å²) in [6.45, 7) is 8.33. The standard InChI is InChI=1S/C13H24N4O3S/c1-4-11-9-20-7-6-17(11)21(18,19)13-12(8-14-5-2)10(3)15-16-13/h11,14H,4-9H2,1-3H3,(H,15,16). The maximum Gasteiger partial charge on any atom is 0.263 e. The van der Waals surface area contributed by atoms with Gasteiger partial charge in [0, 0.05) is 30.4 Å². The van der Waals surface area contributed by atoms with Crippen LogP contribution < -0.4 is 5.32 Å². The van der Waals surface area contributed by atoms with Crippen molar-refractivity contribution in [1.29, 1.82) is 0 Å². The molecule has 0 radical (unpaired) electrons. The number of sulfonamides is 1. The van der Waals surface area contributed by atoms with Gasteiger partial charge in [0.2, 0.25) is 0 Å². The molecule has 0 aromatic carbocycles. The zero-order valence-corrected chi connectivity index (χ0v) is 13.7. The Morgan fingerprint density at radius 3 is 2.90 bits per heavy atom. The second-order valence-electron chi connectivity index (χ2n) is 5.17. The van der Waals surface area contributed by atoms with Crippen molar-refractivity contribution in [1.82, 2.24) is 19.8 Å². The van der Waals surface area contributed by atoms with Crippen LogP contribution in [0.15, 0.2) is 5.03 Å². The molecule has 0 saturated carbocycles. The van der Waals surface area contributed by atoms with E-state index in [2.05, 4.69) is 15.5 Å². The highest BCUT2D eigenvalue weighted by Gasteiger charge is 2.36. The highest BCUT2D eigenvalue weighted by atomic mass is 32.2. The van der Waals surface area contributed by atoms with Crippen LogP contribution in [0.5, 0.6) is 0 Å². The fourth-order valence-electron chi connectivity index (χ4n) is 2.49. The van der Waals surface area contributed by atoms with Crippen LogP contribution in [0.25, 0.3) is 0 Å². The van der Waals surface area contributed by atoms with Gasteiger partial charge in [-0.3, -0.25) is 5.10 Å². The van der Waals surface area contributed by atoms with Crippen LogP contribution >= 0.6 is 0 Å². The summed E-state index contributed by atoms with van der Waals surface area (Å²) < 4.78 is 32.7. The van der Waals surface area contributed by atoms with Gasteiger partial charge in [-0.1, -0.05) is 13.8 Å². The molecule has 1 unspecified atom stereocenters. The van der Waals surface area contributed by atoms with Crippen molar-refractivity contribution in [3.8, 4) is 0 Å². The van der Waals surface area contributed by atoms with Crippen LogP contribution in [0.4, 0.5) is 0 Å². The molecule has 2 rings (SSSR count). The van der Waals surface area contributed by atoms with Gasteiger partial charge in [0.05, 0.1) is 13.2 Å². The maximum absolute atomic E-state index is 12.9. The van der Waals surface area contributed by atoms with E-state index in [9.17, 15) is 8.42 Å². The van der Waals surface area contributed by atoms with Gasteiger partial charge >= 0.3 is 0 Å². The lowest BCUT2D eigenvalue weighted by molar-refractivity contribution is 0.0313. The van der Waals surface area contributed by atoms with E-state index in [-0.39, 0.29) is 11.1 Å². The van der Waals surface area contributed by atoms with Crippen LogP contribution in [0.1, 0.15) is 31.5 Å². The van der Waals surface area contributed by atoms with E-state index >= 15 is 0 Å². The van der Waals surface area contributed by atoms with Crippen molar-refractivity contribution in [2.45, 2.75) is 44.8 Å². The molecule has 1 fully saturated rings. The molecule has 2 N–H and O–H groups in total. The zero-order valence-electron chi connectivity index (χ0n) is 12.8. The lowest BCUT2D eigenvalue weighted by Crippen LogP contribution is -2.48. The Balaban J connectivity index is 2.34. The summed E-state index contributed by atoms with van der Waals surface area (Å²) >= 11 is 0. The van der Waals surface area contributed by atoms with Gasteiger partial charge in [-0.2, -0.15) is 9.40 Å². The number of hydrogen-bond donors (Lipinski definition) is 2. The third-order valence-electron chi connectivity index (χ3n) is 3.79. The Kier molecular flexibility index (Phi) is 5.37. The minimum absolute atomic E-state index is 0.118. The Hall–Kier alpha value is -0.960. The number of aryl methyl sites for hydroxylation is 1. The number of aromatic amines is 1. The molecule has 0 spiro atoms. The molecule has 8 heteroatoms. The van der Waals surface area contributed by atoms with Gasteiger partial charge in [-0.05, 0) is 19.9 Å². The first-order valence-corrected chi connectivity index (χ1v) is 8.80. The number of hydrogen-bond acceptors (Lipinski definition) is 5. The van der Waals surface area contributed by atoms with Gasteiger partial charge in [0.15, 0.2) is 5.03 Å². The Morgan fingerprint density at radius 1 is 1.48 bits per heavy atom. The van der Waals surface area contributed by atoms with Crippen LogP contribution in [0, 0.1) is 6.92 Å². The monoisotopic (exact) mass is 316 g/mol. The third kappa shape index (κ3) is 3.28. The molecule has 120 valence electrons. The molecule has 1 aliphatic rings. The molecule has 1 aliphatic heterocycles. The largest absolute Gasteiger partial charge is 0.378 e. The minimum atomic E-state index is -3.59. The molecule has 2 heterocycles. The van der Waals surface area contributed by atoms with E-state index in [1.807, 2.05) is 20.8 Å². The minimum Gasteiger partial charge on any atom is -0.378 e. The van der Waals surface area contributed by atoms with Crippen molar-refractivity contribution in [2.24, 2.45) is 0 Å². The summed E-state index contributed by atoms with van der Waals surface area (Å²) in [5.74, 6) is 0. The molecule has 1 aromatic heterocycles. The second kappa shape index (κ2) is 6.87. The first-order valence-electron chi connectivity index (χ1n) is 7.36. The van der Waals surface area contributed by atoms with E-state index < -0.39 is 10.0 Å². The Morgan fingerprint density at radius 2 is 2.24 bits per heavy atom. The predicted molar refractivity (Wildman–Crippen MR) is 79.5 cm³/mol. The van der Waals surface area contributed by atoms with Crippen LogP contribution in [-0.2, 0) is 21.3 Å². The summed E-state index contributed by atoms with van der Waals surface area (Å²) in [6.07, 6.45) is 0.727. The van der Waals surface area contributed by atoms with Gasteiger partial charge < -0.3 is 10.1 Å². The fraction of sp³-hybridized carbons (Fsp3) is 0.769. The van der Waals surface area contributed by atoms with E-state index in [0.717, 1.165) is 24.2 Å². The average molecular weight is 316 g/mol. The molecule has 0 bridgehead atoms. The van der Waals surface area contributed by atoms with Crippen molar-refractivity contribution >= 4 is 10.0 Å². The van der Waals surface area contributed by atoms with Crippen molar-refractivity contribution in [3.63, 3.8) is 0 Å². The lowest BCUT2D eigenvalue weighted by atomic mass is 10.2. The molecule has 1 saturated heterocycles. The van der Waals surface area contributed by atoms with Crippen LogP contribution in [0.3, 0.4) is 0 Å².